The van der Waals surface area contributed by atoms with E-state index >= 15 is 0 Å². The quantitative estimate of drug-likeness (QED) is 0.743. The van der Waals surface area contributed by atoms with Gasteiger partial charge in [-0.25, -0.2) is 4.39 Å². The van der Waals surface area contributed by atoms with Crippen LogP contribution in [0.25, 0.3) is 0 Å². The number of nitrogens with one attached hydrogen (secondary N) is 1. The van der Waals surface area contributed by atoms with Gasteiger partial charge in [0, 0.05) is 0 Å². The van der Waals surface area contributed by atoms with Crippen LogP contribution in [0.3, 0.4) is 0 Å². The minimum atomic E-state index is -0.126. The van der Waals surface area contributed by atoms with Crippen LogP contribution in [0.5, 0.6) is 0 Å². The first-order valence-electron chi connectivity index (χ1n) is 5.76. The van der Waals surface area contributed by atoms with Crippen LogP contribution in [0.2, 0.25) is 0 Å². The Morgan fingerprint density at radius 2 is 1.80 bits per heavy atom. The largest absolute Gasteiger partial charge is 0.317 e. The predicted molar refractivity (Wildman–Crippen MR) is 58.3 cm³/mol. The molecule has 0 bridgehead atoms. The van der Waals surface area contributed by atoms with Gasteiger partial charge in [0.15, 0.2) is 0 Å². The van der Waals surface area contributed by atoms with Crippen LogP contribution in [-0.2, 0) is 0 Å². The lowest BCUT2D eigenvalue weighted by Crippen LogP contribution is -2.29. The summed E-state index contributed by atoms with van der Waals surface area (Å²) in [4.78, 5) is 0. The van der Waals surface area contributed by atoms with Crippen molar-refractivity contribution < 1.29 is 4.39 Å². The van der Waals surface area contributed by atoms with E-state index in [2.05, 4.69) is 5.32 Å². The van der Waals surface area contributed by atoms with E-state index in [1.165, 1.54) is 24.8 Å². The molecule has 2 fully saturated rings. The second kappa shape index (κ2) is 3.31. The molecule has 1 atom stereocenters. The van der Waals surface area contributed by atoms with Gasteiger partial charge in [-0.15, -0.1) is 0 Å². The van der Waals surface area contributed by atoms with Gasteiger partial charge in [0.1, 0.15) is 5.82 Å². The van der Waals surface area contributed by atoms with Gasteiger partial charge in [0.05, 0.1) is 0 Å². The summed E-state index contributed by atoms with van der Waals surface area (Å²) in [6, 6.07) is 7.08. The fourth-order valence-corrected chi connectivity index (χ4v) is 2.99. The number of hydrogen-bond acceptors (Lipinski definition) is 1. The maximum absolute atomic E-state index is 12.8. The Bertz CT molecular complexity index is 351. The molecule has 0 radical (unpaired) electrons. The van der Waals surface area contributed by atoms with Crippen molar-refractivity contribution >= 4 is 0 Å². The van der Waals surface area contributed by atoms with E-state index in [4.69, 9.17) is 0 Å². The third-order valence-corrected chi connectivity index (χ3v) is 4.06. The third-order valence-electron chi connectivity index (χ3n) is 4.06. The van der Waals surface area contributed by atoms with E-state index in [0.29, 0.717) is 11.3 Å². The molecule has 1 nitrogen and oxygen atoms in total. The summed E-state index contributed by atoms with van der Waals surface area (Å²) in [5.41, 5.74) is 1.89. The van der Waals surface area contributed by atoms with E-state index in [1.54, 1.807) is 12.1 Å². The highest BCUT2D eigenvalue weighted by Gasteiger charge is 2.54. The SMILES string of the molecule is Fc1ccc(C2CC23CCNCC3)cc1. The molecule has 3 rings (SSSR count). The highest BCUT2D eigenvalue weighted by Crippen LogP contribution is 2.64. The first-order chi connectivity index (χ1) is 7.30. The van der Waals surface area contributed by atoms with Crippen LogP contribution in [0.4, 0.5) is 4.39 Å². The van der Waals surface area contributed by atoms with Crippen molar-refractivity contribution in [2.45, 2.75) is 25.2 Å². The second-order valence-electron chi connectivity index (χ2n) is 4.92. The highest BCUT2D eigenvalue weighted by atomic mass is 19.1. The Kier molecular flexibility index (Phi) is 2.06. The zero-order valence-electron chi connectivity index (χ0n) is 8.80. The lowest BCUT2D eigenvalue weighted by atomic mass is 9.89. The average molecular weight is 205 g/mol. The van der Waals surface area contributed by atoms with E-state index in [1.807, 2.05) is 12.1 Å². The van der Waals surface area contributed by atoms with Crippen LogP contribution >= 0.6 is 0 Å². The summed E-state index contributed by atoms with van der Waals surface area (Å²) < 4.78 is 12.8. The van der Waals surface area contributed by atoms with Gasteiger partial charge in [0.2, 0.25) is 0 Å². The molecule has 1 aliphatic carbocycles. The van der Waals surface area contributed by atoms with Crippen molar-refractivity contribution in [2.75, 3.05) is 13.1 Å². The van der Waals surface area contributed by atoms with E-state index < -0.39 is 0 Å². The van der Waals surface area contributed by atoms with Gasteiger partial charge in [-0.05, 0) is 61.4 Å². The predicted octanol–water partition coefficient (Wildman–Crippen LogP) is 2.68. The Morgan fingerprint density at radius 1 is 1.13 bits per heavy atom. The maximum Gasteiger partial charge on any atom is 0.123 e. The van der Waals surface area contributed by atoms with Crippen LogP contribution < -0.4 is 5.32 Å². The lowest BCUT2D eigenvalue weighted by Gasteiger charge is -2.23. The molecule has 1 N–H and O–H groups in total. The Labute approximate surface area is 89.7 Å². The summed E-state index contributed by atoms with van der Waals surface area (Å²) in [6.07, 6.45) is 3.88. The van der Waals surface area contributed by atoms with Gasteiger partial charge in [-0.1, -0.05) is 12.1 Å². The summed E-state index contributed by atoms with van der Waals surface area (Å²) in [6.45, 7) is 2.30. The third kappa shape index (κ3) is 1.57. The normalized spacial score (nSPS) is 27.9. The van der Waals surface area contributed by atoms with Gasteiger partial charge < -0.3 is 5.32 Å². The minimum absolute atomic E-state index is 0.126. The van der Waals surface area contributed by atoms with Crippen molar-refractivity contribution in [1.82, 2.24) is 5.32 Å². The fraction of sp³-hybridized carbons (Fsp3) is 0.538. The molecule has 1 aromatic carbocycles. The van der Waals surface area contributed by atoms with Crippen molar-refractivity contribution in [1.29, 1.82) is 0 Å². The molecule has 1 unspecified atom stereocenters. The zero-order valence-corrected chi connectivity index (χ0v) is 8.80. The standard InChI is InChI=1S/C13H16FN/c14-11-3-1-10(2-4-11)12-9-13(12)5-7-15-8-6-13/h1-4,12,15H,5-9H2. The molecule has 0 aromatic heterocycles. The topological polar surface area (TPSA) is 12.0 Å². The molecular formula is C13H16FN. The van der Waals surface area contributed by atoms with E-state index in [9.17, 15) is 4.39 Å². The Morgan fingerprint density at radius 3 is 2.47 bits per heavy atom. The molecule has 1 aromatic rings. The Hall–Kier alpha value is -0.890. The van der Waals surface area contributed by atoms with Gasteiger partial charge in [-0.2, -0.15) is 0 Å². The number of halogens is 1. The summed E-state index contributed by atoms with van der Waals surface area (Å²) in [7, 11) is 0. The zero-order chi connectivity index (χ0) is 10.3. The number of hydrogen-bond donors (Lipinski definition) is 1. The number of benzene rings is 1. The lowest BCUT2D eigenvalue weighted by molar-refractivity contribution is 0.342. The average Bonchev–Trinajstić information content (AvgIpc) is 2.94. The van der Waals surface area contributed by atoms with Crippen LogP contribution in [0.1, 0.15) is 30.7 Å². The molecule has 1 saturated heterocycles. The second-order valence-corrected chi connectivity index (χ2v) is 4.92. The first-order valence-corrected chi connectivity index (χ1v) is 5.76. The fourth-order valence-electron chi connectivity index (χ4n) is 2.99. The smallest absolute Gasteiger partial charge is 0.123 e. The van der Waals surface area contributed by atoms with Crippen molar-refractivity contribution in [3.63, 3.8) is 0 Å². The van der Waals surface area contributed by atoms with Gasteiger partial charge in [-0.3, -0.25) is 0 Å². The summed E-state index contributed by atoms with van der Waals surface area (Å²) >= 11 is 0. The van der Waals surface area contributed by atoms with E-state index in [-0.39, 0.29) is 5.82 Å². The molecule has 2 heteroatoms. The van der Waals surface area contributed by atoms with Crippen molar-refractivity contribution in [3.05, 3.63) is 35.6 Å². The maximum atomic E-state index is 12.8. The molecule has 80 valence electrons. The van der Waals surface area contributed by atoms with Crippen molar-refractivity contribution in [2.24, 2.45) is 5.41 Å². The van der Waals surface area contributed by atoms with Crippen molar-refractivity contribution in [3.8, 4) is 0 Å². The summed E-state index contributed by atoms with van der Waals surface area (Å²) in [5, 5.41) is 3.40. The molecule has 15 heavy (non-hydrogen) atoms. The minimum Gasteiger partial charge on any atom is -0.317 e. The van der Waals surface area contributed by atoms with Gasteiger partial charge in [0.25, 0.3) is 0 Å². The Balaban J connectivity index is 1.77. The monoisotopic (exact) mass is 205 g/mol. The number of piperidine rings is 1. The summed E-state index contributed by atoms with van der Waals surface area (Å²) in [5.74, 6) is 0.568. The van der Waals surface area contributed by atoms with Crippen LogP contribution in [0.15, 0.2) is 24.3 Å². The molecule has 1 saturated carbocycles. The number of rotatable bonds is 1. The molecule has 1 heterocycles. The molecular weight excluding hydrogens is 189 g/mol. The molecule has 1 spiro atoms. The molecule has 1 aliphatic heterocycles. The van der Waals surface area contributed by atoms with E-state index in [0.717, 1.165) is 13.1 Å². The molecule has 0 amide bonds. The molecule has 2 aliphatic rings. The first kappa shape index (κ1) is 9.34. The van der Waals surface area contributed by atoms with Crippen LogP contribution in [-0.4, -0.2) is 13.1 Å². The van der Waals surface area contributed by atoms with Crippen LogP contribution in [0, 0.1) is 11.2 Å². The highest BCUT2D eigenvalue weighted by molar-refractivity contribution is 5.30. The van der Waals surface area contributed by atoms with Gasteiger partial charge >= 0.3 is 0 Å².